The van der Waals surface area contributed by atoms with Crippen molar-refractivity contribution in [2.75, 3.05) is 12.4 Å². The van der Waals surface area contributed by atoms with Crippen LogP contribution in [0.3, 0.4) is 0 Å². The fourth-order valence-electron chi connectivity index (χ4n) is 1.87. The zero-order chi connectivity index (χ0) is 11.3. The number of hydrogen-bond donors (Lipinski definition) is 1. The van der Waals surface area contributed by atoms with E-state index in [1.807, 2.05) is 0 Å². The minimum Gasteiger partial charge on any atom is -0.321 e. The molecule has 1 saturated heterocycles. The number of rotatable bonds is 3. The second kappa shape index (κ2) is 5.95. The Hall–Kier alpha value is -0.770. The van der Waals surface area contributed by atoms with Crippen molar-refractivity contribution in [2.45, 2.75) is 38.6 Å². The van der Waals surface area contributed by atoms with Gasteiger partial charge in [-0.15, -0.1) is 11.6 Å². The van der Waals surface area contributed by atoms with Crippen LogP contribution in [0.25, 0.3) is 0 Å². The lowest BCUT2D eigenvalue weighted by atomic mass is 10.2. The van der Waals surface area contributed by atoms with Crippen LogP contribution >= 0.6 is 11.6 Å². The summed E-state index contributed by atoms with van der Waals surface area (Å²) in [5.74, 6) is -0.0483. The lowest BCUT2D eigenvalue weighted by molar-refractivity contribution is -0.119. The number of carbonyl (C=O) groups is 2. The van der Waals surface area contributed by atoms with Gasteiger partial charge in [-0.2, -0.15) is 0 Å². The molecule has 1 atom stereocenters. The molecule has 0 aromatic rings. The molecule has 0 saturated carbocycles. The van der Waals surface area contributed by atoms with Crippen molar-refractivity contribution in [2.24, 2.45) is 0 Å². The minimum absolute atomic E-state index is 0.192. The van der Waals surface area contributed by atoms with E-state index in [1.165, 1.54) is 0 Å². The zero-order valence-corrected chi connectivity index (χ0v) is 9.72. The summed E-state index contributed by atoms with van der Waals surface area (Å²) < 4.78 is 0. The van der Waals surface area contributed by atoms with Crippen molar-refractivity contribution in [3.05, 3.63) is 0 Å². The maximum absolute atomic E-state index is 11.7. The molecule has 4 nitrogen and oxygen atoms in total. The topological polar surface area (TPSA) is 49.4 Å². The van der Waals surface area contributed by atoms with E-state index in [0.29, 0.717) is 0 Å². The van der Waals surface area contributed by atoms with Gasteiger partial charge in [-0.1, -0.05) is 6.92 Å². The predicted molar refractivity (Wildman–Crippen MR) is 58.9 cm³/mol. The Morgan fingerprint density at radius 1 is 1.53 bits per heavy atom. The number of amides is 3. The Morgan fingerprint density at radius 3 is 2.87 bits per heavy atom. The first-order valence-electron chi connectivity index (χ1n) is 5.35. The van der Waals surface area contributed by atoms with Crippen LogP contribution in [0.5, 0.6) is 0 Å². The first-order valence-corrected chi connectivity index (χ1v) is 5.89. The van der Waals surface area contributed by atoms with Crippen molar-refractivity contribution >= 4 is 23.5 Å². The number of halogens is 1. The molecular weight excluding hydrogens is 216 g/mol. The van der Waals surface area contributed by atoms with Gasteiger partial charge in [-0.3, -0.25) is 10.1 Å². The number of imide groups is 1. The average Bonchev–Trinajstić information content (AvgIpc) is 2.65. The third kappa shape index (κ3) is 3.38. The second-order valence-electron chi connectivity index (χ2n) is 3.69. The normalized spacial score (nSPS) is 20.4. The first-order chi connectivity index (χ1) is 7.19. The van der Waals surface area contributed by atoms with Crippen LogP contribution in [0.1, 0.15) is 32.6 Å². The lowest BCUT2D eigenvalue weighted by Crippen LogP contribution is -2.45. The summed E-state index contributed by atoms with van der Waals surface area (Å²) in [7, 11) is 0. The van der Waals surface area contributed by atoms with E-state index in [4.69, 9.17) is 11.6 Å². The first kappa shape index (κ1) is 12.3. The molecule has 1 rings (SSSR count). The third-order valence-electron chi connectivity index (χ3n) is 2.68. The van der Waals surface area contributed by atoms with Gasteiger partial charge in [0.15, 0.2) is 0 Å². The highest BCUT2D eigenvalue weighted by Crippen LogP contribution is 2.19. The van der Waals surface area contributed by atoms with Crippen LogP contribution in [0.15, 0.2) is 0 Å². The van der Waals surface area contributed by atoms with Gasteiger partial charge in [0.05, 0.1) is 0 Å². The number of nitrogens with zero attached hydrogens (tertiary/aromatic N) is 1. The molecule has 1 unspecified atom stereocenters. The Bertz CT molecular complexity index is 246. The van der Waals surface area contributed by atoms with Gasteiger partial charge in [-0.25, -0.2) is 4.79 Å². The molecule has 0 radical (unpaired) electrons. The van der Waals surface area contributed by atoms with E-state index in [1.54, 1.807) is 4.90 Å². The van der Waals surface area contributed by atoms with E-state index in [0.717, 1.165) is 25.8 Å². The van der Waals surface area contributed by atoms with Crippen LogP contribution < -0.4 is 5.32 Å². The van der Waals surface area contributed by atoms with Gasteiger partial charge in [0.25, 0.3) is 0 Å². The molecule has 1 heterocycles. The van der Waals surface area contributed by atoms with E-state index in [9.17, 15) is 9.59 Å². The summed E-state index contributed by atoms with van der Waals surface area (Å²) in [5.41, 5.74) is 0. The highest BCUT2D eigenvalue weighted by atomic mass is 35.5. The van der Waals surface area contributed by atoms with Crippen molar-refractivity contribution in [1.82, 2.24) is 10.2 Å². The van der Waals surface area contributed by atoms with Crippen molar-refractivity contribution in [3.63, 3.8) is 0 Å². The van der Waals surface area contributed by atoms with E-state index < -0.39 is 0 Å². The molecular formula is C10H17ClN2O2. The molecule has 1 fully saturated rings. The molecule has 1 aliphatic heterocycles. The summed E-state index contributed by atoms with van der Waals surface area (Å²) in [6.45, 7) is 2.80. The maximum atomic E-state index is 11.7. The van der Waals surface area contributed by atoms with Gasteiger partial charge in [0.2, 0.25) is 5.91 Å². The summed E-state index contributed by atoms with van der Waals surface area (Å²) in [4.78, 5) is 24.6. The lowest BCUT2D eigenvalue weighted by Gasteiger charge is -2.23. The fraction of sp³-hybridized carbons (Fsp3) is 0.800. The molecule has 0 bridgehead atoms. The van der Waals surface area contributed by atoms with Gasteiger partial charge >= 0.3 is 6.03 Å². The Kier molecular flexibility index (Phi) is 4.88. The standard InChI is InChI=1S/C10H17ClN2O2/c1-2-8-4-3-7-13(8)10(15)12-9(14)5-6-11/h8H,2-7H2,1H3,(H,12,14,15). The van der Waals surface area contributed by atoms with E-state index in [2.05, 4.69) is 12.2 Å². The highest BCUT2D eigenvalue weighted by molar-refractivity contribution is 6.19. The second-order valence-corrected chi connectivity index (χ2v) is 4.07. The van der Waals surface area contributed by atoms with Crippen LogP contribution in [0, 0.1) is 0 Å². The van der Waals surface area contributed by atoms with Gasteiger partial charge in [0.1, 0.15) is 0 Å². The van der Waals surface area contributed by atoms with Crippen LogP contribution in [0.2, 0.25) is 0 Å². The third-order valence-corrected chi connectivity index (χ3v) is 2.87. The molecule has 1 N–H and O–H groups in total. The predicted octanol–water partition coefficient (Wildman–Crippen LogP) is 1.73. The Morgan fingerprint density at radius 2 is 2.27 bits per heavy atom. The number of alkyl halides is 1. The van der Waals surface area contributed by atoms with Crippen molar-refractivity contribution < 1.29 is 9.59 Å². The Balaban J connectivity index is 2.42. The summed E-state index contributed by atoms with van der Waals surface area (Å²) in [6, 6.07) is 0.0169. The Labute approximate surface area is 95.0 Å². The summed E-state index contributed by atoms with van der Waals surface area (Å²) in [6.07, 6.45) is 3.19. The van der Waals surface area contributed by atoms with E-state index >= 15 is 0 Å². The van der Waals surface area contributed by atoms with Crippen molar-refractivity contribution in [1.29, 1.82) is 0 Å². The van der Waals surface area contributed by atoms with Crippen LogP contribution in [0.4, 0.5) is 4.79 Å². The number of nitrogens with one attached hydrogen (secondary N) is 1. The monoisotopic (exact) mass is 232 g/mol. The number of carbonyl (C=O) groups excluding carboxylic acids is 2. The molecule has 0 spiro atoms. The van der Waals surface area contributed by atoms with Gasteiger partial charge < -0.3 is 4.90 Å². The molecule has 3 amide bonds. The number of hydrogen-bond acceptors (Lipinski definition) is 2. The van der Waals surface area contributed by atoms with Gasteiger partial charge in [0, 0.05) is 24.9 Å². The molecule has 0 aromatic heterocycles. The number of likely N-dealkylation sites (tertiary alicyclic amines) is 1. The van der Waals surface area contributed by atoms with Gasteiger partial charge in [-0.05, 0) is 19.3 Å². The molecule has 15 heavy (non-hydrogen) atoms. The SMILES string of the molecule is CCC1CCCN1C(=O)NC(=O)CCCl. The molecule has 86 valence electrons. The molecule has 0 aromatic carbocycles. The zero-order valence-electron chi connectivity index (χ0n) is 8.96. The van der Waals surface area contributed by atoms with Crippen LogP contribution in [-0.2, 0) is 4.79 Å². The fourth-order valence-corrected chi connectivity index (χ4v) is 2.04. The molecule has 5 heteroatoms. The summed E-state index contributed by atoms with van der Waals surface area (Å²) >= 11 is 5.41. The van der Waals surface area contributed by atoms with E-state index in [-0.39, 0.29) is 30.3 Å². The highest BCUT2D eigenvalue weighted by Gasteiger charge is 2.27. The van der Waals surface area contributed by atoms with Crippen LogP contribution in [-0.4, -0.2) is 35.3 Å². The summed E-state index contributed by atoms with van der Waals surface area (Å²) in [5, 5.41) is 2.35. The quantitative estimate of drug-likeness (QED) is 0.754. The smallest absolute Gasteiger partial charge is 0.321 e. The molecule has 0 aliphatic carbocycles. The molecule has 1 aliphatic rings. The van der Waals surface area contributed by atoms with Crippen molar-refractivity contribution in [3.8, 4) is 0 Å². The average molecular weight is 233 g/mol. The number of urea groups is 1. The minimum atomic E-state index is -0.295. The largest absolute Gasteiger partial charge is 0.324 e. The maximum Gasteiger partial charge on any atom is 0.324 e.